The highest BCUT2D eigenvalue weighted by atomic mass is 16.5. The first-order valence-corrected chi connectivity index (χ1v) is 29.8. The van der Waals surface area contributed by atoms with Gasteiger partial charge in [0.05, 0.1) is 20.3 Å². The van der Waals surface area contributed by atoms with Gasteiger partial charge in [-0.2, -0.15) is 0 Å². The van der Waals surface area contributed by atoms with Gasteiger partial charge in [-0.15, -0.1) is 0 Å². The van der Waals surface area contributed by atoms with Crippen molar-refractivity contribution in [3.8, 4) is 0 Å². The van der Waals surface area contributed by atoms with E-state index in [2.05, 4.69) is 30.4 Å². The van der Waals surface area contributed by atoms with Crippen LogP contribution in [0.4, 0.5) is 0 Å². The van der Waals surface area contributed by atoms with Gasteiger partial charge in [0.25, 0.3) is 0 Å². The lowest BCUT2D eigenvalue weighted by molar-refractivity contribution is -0.151. The van der Waals surface area contributed by atoms with Gasteiger partial charge in [-0.05, 0) is 126 Å². The molecule has 0 spiro atoms. The molecule has 8 unspecified atom stereocenters. The molecule has 4 fully saturated rings. The molecule has 0 aromatic carbocycles. The van der Waals surface area contributed by atoms with Crippen LogP contribution >= 0.6 is 0 Å². The average Bonchev–Trinajstić information content (AvgIpc) is 4.28. The Kier molecular flexibility index (Phi) is 39.3. The van der Waals surface area contributed by atoms with E-state index in [1.165, 1.54) is 226 Å². The fourth-order valence-corrected chi connectivity index (χ4v) is 11.0. The van der Waals surface area contributed by atoms with Gasteiger partial charge >= 0.3 is 11.9 Å². The third-order valence-corrected chi connectivity index (χ3v) is 15.9. The monoisotopic (exact) mass is 946 g/mol. The van der Waals surface area contributed by atoms with Gasteiger partial charge in [0.1, 0.15) is 6.10 Å². The molecule has 0 saturated heterocycles. The van der Waals surface area contributed by atoms with Crippen molar-refractivity contribution >= 4 is 11.9 Å². The van der Waals surface area contributed by atoms with Crippen molar-refractivity contribution in [1.29, 1.82) is 0 Å². The standard InChI is InChI=1S/C40H78O2.C17H31NO2.C3H6O2/c1-3-5-7-9-15-21-27-37-35-39(37)29-23-17-11-13-19-25-31-41-33-34-42-32-26-20-14-12-18-24-30-40-36-38(40)28-22-16-10-8-6-4-2;1-4-13-11-15(13)12-14-7-5-8-16(14)20-17(19)9-6-10-18(2)3;1-3(4)5-2/h37-40H,3-36H2,1-2H3;13-16H,4-12H2,1-3H3;1-2H3. The van der Waals surface area contributed by atoms with Gasteiger partial charge in [-0.25, -0.2) is 0 Å². The van der Waals surface area contributed by atoms with E-state index in [1.807, 2.05) is 14.1 Å². The Morgan fingerprint density at radius 1 is 0.478 bits per heavy atom. The van der Waals surface area contributed by atoms with Crippen molar-refractivity contribution in [2.75, 3.05) is 54.2 Å². The highest BCUT2D eigenvalue weighted by Gasteiger charge is 2.41. The summed E-state index contributed by atoms with van der Waals surface area (Å²) in [4.78, 5) is 23.6. The van der Waals surface area contributed by atoms with Crippen LogP contribution in [0.25, 0.3) is 0 Å². The third-order valence-electron chi connectivity index (χ3n) is 15.9. The molecule has 8 atom stereocenters. The van der Waals surface area contributed by atoms with E-state index >= 15 is 0 Å². The van der Waals surface area contributed by atoms with Crippen LogP contribution in [0.2, 0.25) is 0 Å². The number of ether oxygens (including phenoxy) is 4. The van der Waals surface area contributed by atoms with Crippen LogP contribution in [-0.2, 0) is 28.5 Å². The summed E-state index contributed by atoms with van der Waals surface area (Å²) in [5, 5.41) is 0. The zero-order chi connectivity index (χ0) is 48.6. The summed E-state index contributed by atoms with van der Waals surface area (Å²) < 4.78 is 21.4. The summed E-state index contributed by atoms with van der Waals surface area (Å²) in [6, 6.07) is 0. The molecule has 4 saturated carbocycles. The Labute approximate surface area is 417 Å². The first-order chi connectivity index (χ1) is 32.7. The van der Waals surface area contributed by atoms with Crippen LogP contribution < -0.4 is 0 Å². The number of unbranched alkanes of at least 4 members (excludes halogenated alkanes) is 20. The van der Waals surface area contributed by atoms with E-state index in [0.29, 0.717) is 12.3 Å². The minimum absolute atomic E-state index is 0.0200. The second-order valence-corrected chi connectivity index (χ2v) is 22.4. The van der Waals surface area contributed by atoms with E-state index < -0.39 is 0 Å². The highest BCUT2D eigenvalue weighted by Crippen LogP contribution is 2.49. The molecular formula is C60H115NO6. The number of hydrogen-bond donors (Lipinski definition) is 0. The minimum Gasteiger partial charge on any atom is -0.469 e. The molecule has 0 N–H and O–H groups in total. The topological polar surface area (TPSA) is 74.3 Å². The van der Waals surface area contributed by atoms with Crippen LogP contribution in [0.5, 0.6) is 0 Å². The second-order valence-electron chi connectivity index (χ2n) is 22.4. The van der Waals surface area contributed by atoms with Crippen molar-refractivity contribution in [3.05, 3.63) is 0 Å². The van der Waals surface area contributed by atoms with Crippen molar-refractivity contribution < 1.29 is 28.5 Å². The molecule has 7 heteroatoms. The number of rotatable bonds is 43. The van der Waals surface area contributed by atoms with Gasteiger partial charge < -0.3 is 23.8 Å². The van der Waals surface area contributed by atoms with Crippen molar-refractivity contribution in [3.63, 3.8) is 0 Å². The van der Waals surface area contributed by atoms with E-state index in [-0.39, 0.29) is 18.0 Å². The molecule has 67 heavy (non-hydrogen) atoms. The molecule has 0 amide bonds. The first kappa shape index (κ1) is 61.9. The van der Waals surface area contributed by atoms with E-state index in [9.17, 15) is 9.59 Å². The largest absolute Gasteiger partial charge is 0.469 e. The molecule has 396 valence electrons. The highest BCUT2D eigenvalue weighted by molar-refractivity contribution is 5.69. The molecule has 0 heterocycles. The summed E-state index contributed by atoms with van der Waals surface area (Å²) in [7, 11) is 5.43. The van der Waals surface area contributed by atoms with E-state index in [4.69, 9.17) is 14.2 Å². The summed E-state index contributed by atoms with van der Waals surface area (Å²) in [5.41, 5.74) is 0. The van der Waals surface area contributed by atoms with Crippen LogP contribution in [-0.4, -0.2) is 77.1 Å². The predicted octanol–water partition coefficient (Wildman–Crippen LogP) is 16.9. The smallest absolute Gasteiger partial charge is 0.306 e. The SMILES string of the molecule is CCC1CC1CC1CCCC1OC(=O)CCCN(C)C.CCCCCCCCC1CC1CCCCCCCCOCCOCCCCCCCCC1CC1CCCCCCCC.COC(C)=O. The normalized spacial score (nSPS) is 23.6. The van der Waals surface area contributed by atoms with Gasteiger partial charge in [0, 0.05) is 26.6 Å². The van der Waals surface area contributed by atoms with Gasteiger partial charge in [-0.3, -0.25) is 9.59 Å². The number of carbonyl (C=O) groups is 2. The number of hydrogen-bond acceptors (Lipinski definition) is 7. The van der Waals surface area contributed by atoms with Crippen molar-refractivity contribution in [2.24, 2.45) is 41.4 Å². The number of nitrogens with zero attached hydrogens (tertiary/aromatic N) is 1. The Hall–Kier alpha value is -1.18. The summed E-state index contributed by atoms with van der Waals surface area (Å²) in [6.07, 6.45) is 52.6. The van der Waals surface area contributed by atoms with Crippen molar-refractivity contribution in [1.82, 2.24) is 4.90 Å². The van der Waals surface area contributed by atoms with E-state index in [1.54, 1.807) is 12.8 Å². The molecule has 0 aliphatic heterocycles. The molecule has 4 rings (SSSR count). The predicted molar refractivity (Wildman–Crippen MR) is 285 cm³/mol. The summed E-state index contributed by atoms with van der Waals surface area (Å²) in [5.74, 6) is 6.74. The molecule has 0 aromatic heterocycles. The van der Waals surface area contributed by atoms with Gasteiger partial charge in [-0.1, -0.05) is 194 Å². The van der Waals surface area contributed by atoms with Crippen LogP contribution in [0.1, 0.15) is 272 Å². The van der Waals surface area contributed by atoms with E-state index in [0.717, 1.165) is 81.3 Å². The molecule has 0 radical (unpaired) electrons. The molecule has 7 nitrogen and oxygen atoms in total. The maximum Gasteiger partial charge on any atom is 0.306 e. The van der Waals surface area contributed by atoms with Crippen LogP contribution in [0.15, 0.2) is 0 Å². The lowest BCUT2D eigenvalue weighted by atomic mass is 9.97. The minimum atomic E-state index is -0.245. The van der Waals surface area contributed by atoms with Crippen LogP contribution in [0, 0.1) is 41.4 Å². The van der Waals surface area contributed by atoms with Gasteiger partial charge in [0.2, 0.25) is 0 Å². The average molecular weight is 947 g/mol. The fourth-order valence-electron chi connectivity index (χ4n) is 11.0. The summed E-state index contributed by atoms with van der Waals surface area (Å²) in [6.45, 7) is 12.6. The van der Waals surface area contributed by atoms with Crippen LogP contribution in [0.3, 0.4) is 0 Å². The van der Waals surface area contributed by atoms with Crippen molar-refractivity contribution in [2.45, 2.75) is 278 Å². The Balaban J connectivity index is 0.000000506. The number of carbonyl (C=O) groups excluding carboxylic acids is 2. The lowest BCUT2D eigenvalue weighted by Gasteiger charge is -2.20. The lowest BCUT2D eigenvalue weighted by Crippen LogP contribution is -2.23. The van der Waals surface area contributed by atoms with Gasteiger partial charge in [0.15, 0.2) is 0 Å². The molecule has 0 bridgehead atoms. The molecule has 4 aliphatic carbocycles. The Bertz CT molecular complexity index is 1080. The maximum absolute atomic E-state index is 11.9. The molecular weight excluding hydrogens is 831 g/mol. The fraction of sp³-hybridized carbons (Fsp3) is 0.967. The Morgan fingerprint density at radius 3 is 1.27 bits per heavy atom. The molecule has 0 aromatic rings. The third kappa shape index (κ3) is 36.4. The quantitative estimate of drug-likeness (QED) is 0.0445. The summed E-state index contributed by atoms with van der Waals surface area (Å²) >= 11 is 0. The zero-order valence-electron chi connectivity index (χ0n) is 45.9. The zero-order valence-corrected chi connectivity index (χ0v) is 45.9. The second kappa shape index (κ2) is 42.5. The number of esters is 2. The maximum atomic E-state index is 11.9. The number of methoxy groups -OCH3 is 1. The first-order valence-electron chi connectivity index (χ1n) is 29.8. The Morgan fingerprint density at radius 2 is 0.881 bits per heavy atom. The molecule has 4 aliphatic rings.